The van der Waals surface area contributed by atoms with Crippen LogP contribution < -0.4 is 15.9 Å². The third kappa shape index (κ3) is 6.73. The first kappa shape index (κ1) is 33.6. The van der Waals surface area contributed by atoms with Crippen molar-refractivity contribution in [3.05, 3.63) is 149 Å². The second-order valence-corrected chi connectivity index (χ2v) is 21.2. The van der Waals surface area contributed by atoms with Gasteiger partial charge in [0.15, 0.2) is 0 Å². The Hall–Kier alpha value is -2.73. The number of hydrogen-bond donors (Lipinski definition) is 0. The Morgan fingerprint density at radius 1 is 0.800 bits per heavy atom. The van der Waals surface area contributed by atoms with Gasteiger partial charge in [0.2, 0.25) is 0 Å². The molecule has 0 saturated carbocycles. The van der Waals surface area contributed by atoms with Crippen molar-refractivity contribution in [1.29, 1.82) is 0 Å². The molecule has 1 aliphatic heterocycles. The summed E-state index contributed by atoms with van der Waals surface area (Å²) in [5, 5.41) is 4.54. The summed E-state index contributed by atoms with van der Waals surface area (Å²) in [6.07, 6.45) is 23.4. The number of rotatable bonds is 9. The molecule has 236 valence electrons. The van der Waals surface area contributed by atoms with Crippen LogP contribution in [0.5, 0.6) is 0 Å². The summed E-state index contributed by atoms with van der Waals surface area (Å²) in [4.78, 5) is 0. The molecule has 1 saturated heterocycles. The monoisotopic (exact) mass is 678 g/mol. The molecule has 0 N–H and O–H groups in total. The van der Waals surface area contributed by atoms with Gasteiger partial charge in [0.25, 0.3) is 0 Å². The predicted octanol–water partition coefficient (Wildman–Crippen LogP) is 11.5. The van der Waals surface area contributed by atoms with Gasteiger partial charge < -0.3 is 0 Å². The molecular weight excluding hydrogens is 627 g/mol. The minimum Gasteiger partial charge on any atom is -0.0558 e. The fourth-order valence-electron chi connectivity index (χ4n) is 7.99. The van der Waals surface area contributed by atoms with E-state index in [-0.39, 0.29) is 5.41 Å². The van der Waals surface area contributed by atoms with Crippen molar-refractivity contribution < 1.29 is 0 Å². The standard InChI is InChI=1S/C43H52BrP/c1-34(16-14-17-35(2)25-31-41-36(3)18-15-32-43(41,4)5)24-26-37-27-29-40(30-28-37)45(33-13-12-23-42(45)44,38-19-8-6-9-20-38)39-21-10-7-11-22-39/h6-11,14,16-17,19-22,24-25,27-31,42H,12-13,15,18,23,26,32-33H2,1-5H3/b16-14+,31-25+,34-24+,35-17+. The van der Waals surface area contributed by atoms with Gasteiger partial charge in [-0.15, -0.1) is 0 Å². The Kier molecular flexibility index (Phi) is 10.7. The normalized spacial score (nSPS) is 22.8. The van der Waals surface area contributed by atoms with Crippen LogP contribution in [0, 0.1) is 5.41 Å². The van der Waals surface area contributed by atoms with Crippen molar-refractivity contribution in [2.75, 3.05) is 6.16 Å². The van der Waals surface area contributed by atoms with E-state index in [1.807, 2.05) is 0 Å². The van der Waals surface area contributed by atoms with E-state index in [0.29, 0.717) is 4.57 Å². The van der Waals surface area contributed by atoms with Crippen LogP contribution in [0.25, 0.3) is 0 Å². The summed E-state index contributed by atoms with van der Waals surface area (Å²) >= 11 is 4.35. The molecule has 5 rings (SSSR count). The van der Waals surface area contributed by atoms with Crippen molar-refractivity contribution in [3.63, 3.8) is 0 Å². The fourth-order valence-corrected chi connectivity index (χ4v) is 18.1. The van der Waals surface area contributed by atoms with Gasteiger partial charge in [0, 0.05) is 0 Å². The first-order valence-corrected chi connectivity index (χ1v) is 20.3. The van der Waals surface area contributed by atoms with Gasteiger partial charge in [0.05, 0.1) is 0 Å². The van der Waals surface area contributed by atoms with Crippen LogP contribution in [0.2, 0.25) is 0 Å². The van der Waals surface area contributed by atoms with Gasteiger partial charge in [-0.3, -0.25) is 0 Å². The second kappa shape index (κ2) is 14.4. The molecule has 0 nitrogen and oxygen atoms in total. The Labute approximate surface area is 282 Å². The number of alkyl halides is 1. The zero-order valence-corrected chi connectivity index (χ0v) is 30.6. The van der Waals surface area contributed by atoms with Crippen molar-refractivity contribution in [3.8, 4) is 0 Å². The van der Waals surface area contributed by atoms with Crippen molar-refractivity contribution in [2.45, 2.75) is 84.1 Å². The second-order valence-electron chi connectivity index (χ2n) is 14.1. The summed E-state index contributed by atoms with van der Waals surface area (Å²) in [5.74, 6) is 0. The summed E-state index contributed by atoms with van der Waals surface area (Å²) < 4.78 is 0.432. The molecule has 3 aromatic rings. The smallest absolute Gasteiger partial charge is 0.0104 e. The van der Waals surface area contributed by atoms with Crippen LogP contribution in [-0.2, 0) is 6.42 Å². The first-order chi connectivity index (χ1) is 21.7. The summed E-state index contributed by atoms with van der Waals surface area (Å²) in [7, 11) is 0. The summed E-state index contributed by atoms with van der Waals surface area (Å²) in [5.41, 5.74) is 7.30. The Morgan fingerprint density at radius 2 is 1.42 bits per heavy atom. The van der Waals surface area contributed by atoms with Crippen LogP contribution in [0.4, 0.5) is 0 Å². The topological polar surface area (TPSA) is 0 Å². The number of hydrogen-bond acceptors (Lipinski definition) is 0. The minimum atomic E-state index is -2.74. The number of allylic oxidation sites excluding steroid dienone is 10. The van der Waals surface area contributed by atoms with E-state index in [1.165, 1.54) is 82.9 Å². The quantitative estimate of drug-likeness (QED) is 0.120. The molecular formula is C43H52BrP. The maximum atomic E-state index is 4.35. The molecule has 0 radical (unpaired) electrons. The van der Waals surface area contributed by atoms with E-state index >= 15 is 0 Å². The SMILES string of the molecule is CC1=C(/C=C/C(C)=C/C=C/C(C)=C/Cc2ccc(P3(c4ccccc4)(c4ccccc4)CCCCC3Br)cc2)C(C)(C)CCC1. The Morgan fingerprint density at radius 3 is 2.02 bits per heavy atom. The Bertz CT molecular complexity index is 1560. The van der Waals surface area contributed by atoms with Crippen molar-refractivity contribution in [2.24, 2.45) is 5.41 Å². The third-order valence-electron chi connectivity index (χ3n) is 10.6. The molecule has 2 heteroatoms. The molecule has 1 aliphatic carbocycles. The van der Waals surface area contributed by atoms with Crippen LogP contribution in [0.3, 0.4) is 0 Å². The molecule has 1 unspecified atom stereocenters. The van der Waals surface area contributed by atoms with E-state index in [1.54, 1.807) is 5.57 Å². The molecule has 45 heavy (non-hydrogen) atoms. The van der Waals surface area contributed by atoms with Gasteiger partial charge in [-0.25, -0.2) is 0 Å². The molecule has 0 amide bonds. The molecule has 0 aromatic heterocycles. The molecule has 1 fully saturated rings. The largest absolute Gasteiger partial charge is 0.0558 e. The van der Waals surface area contributed by atoms with E-state index in [9.17, 15) is 0 Å². The van der Waals surface area contributed by atoms with E-state index in [4.69, 9.17) is 0 Å². The average Bonchev–Trinajstić information content (AvgIpc) is 3.05. The molecule has 1 atom stereocenters. The van der Waals surface area contributed by atoms with Crippen molar-refractivity contribution in [1.82, 2.24) is 0 Å². The number of benzene rings is 3. The molecule has 0 spiro atoms. The summed E-state index contributed by atoms with van der Waals surface area (Å²) in [6, 6.07) is 32.6. The van der Waals surface area contributed by atoms with Crippen molar-refractivity contribution >= 4 is 38.4 Å². The van der Waals surface area contributed by atoms with Gasteiger partial charge in [-0.05, 0) is 37.2 Å². The fraction of sp³-hybridized carbons (Fsp3) is 0.349. The van der Waals surface area contributed by atoms with Crippen LogP contribution in [0.1, 0.15) is 78.7 Å². The molecule has 1 heterocycles. The maximum absolute atomic E-state index is 4.35. The number of halogens is 1. The van der Waals surface area contributed by atoms with E-state index < -0.39 is 6.60 Å². The maximum Gasteiger partial charge on any atom is -0.0104 e. The van der Waals surface area contributed by atoms with Crippen LogP contribution in [0.15, 0.2) is 144 Å². The summed E-state index contributed by atoms with van der Waals surface area (Å²) in [6.45, 7) is 8.75. The third-order valence-corrected chi connectivity index (χ3v) is 20.9. The zero-order chi connectivity index (χ0) is 31.9. The minimum absolute atomic E-state index is 0.283. The zero-order valence-electron chi connectivity index (χ0n) is 28.1. The first-order valence-electron chi connectivity index (χ1n) is 16.9. The van der Waals surface area contributed by atoms with Gasteiger partial charge >= 0.3 is 221 Å². The predicted molar refractivity (Wildman–Crippen MR) is 206 cm³/mol. The van der Waals surface area contributed by atoms with E-state index in [2.05, 4.69) is 172 Å². The van der Waals surface area contributed by atoms with E-state index in [0.717, 1.165) is 6.42 Å². The molecule has 2 aliphatic rings. The van der Waals surface area contributed by atoms with Gasteiger partial charge in [-0.1, -0.05) is 25.5 Å². The van der Waals surface area contributed by atoms with Crippen LogP contribution >= 0.6 is 22.5 Å². The van der Waals surface area contributed by atoms with Gasteiger partial charge in [0.1, 0.15) is 0 Å². The average molecular weight is 680 g/mol. The molecule has 3 aromatic carbocycles. The van der Waals surface area contributed by atoms with Gasteiger partial charge in [-0.2, -0.15) is 0 Å². The Balaban J connectivity index is 1.36. The molecule has 0 bridgehead atoms. The van der Waals surface area contributed by atoms with Crippen LogP contribution in [-0.4, -0.2) is 10.7 Å².